The Bertz CT molecular complexity index is 1480. The minimum Gasteiger partial charge on any atom is -0.378 e. The van der Waals surface area contributed by atoms with Gasteiger partial charge in [-0.3, -0.25) is 0 Å². The third-order valence-electron chi connectivity index (χ3n) is 6.56. The first-order valence-corrected chi connectivity index (χ1v) is 10.4. The summed E-state index contributed by atoms with van der Waals surface area (Å²) in [5.41, 5.74) is 6.16. The molecule has 2 atom stereocenters. The van der Waals surface area contributed by atoms with E-state index in [2.05, 4.69) is 94.9 Å². The van der Waals surface area contributed by atoms with Crippen molar-refractivity contribution in [2.24, 2.45) is 0 Å². The molecule has 0 radical (unpaired) electrons. The number of aromatic nitrogens is 2. The van der Waals surface area contributed by atoms with Gasteiger partial charge in [0.1, 0.15) is 0 Å². The van der Waals surface area contributed by atoms with E-state index in [4.69, 9.17) is 5.10 Å². The maximum atomic E-state index is 4.75. The third-order valence-corrected chi connectivity index (χ3v) is 6.56. The van der Waals surface area contributed by atoms with Crippen LogP contribution < -0.4 is 5.32 Å². The maximum Gasteiger partial charge on any atom is 0.0705 e. The van der Waals surface area contributed by atoms with Gasteiger partial charge in [0.15, 0.2) is 0 Å². The molecule has 5 aromatic rings. The molecule has 4 aromatic carbocycles. The fourth-order valence-corrected chi connectivity index (χ4v) is 5.18. The zero-order valence-electron chi connectivity index (χ0n) is 16.3. The van der Waals surface area contributed by atoms with Crippen LogP contribution in [0.25, 0.3) is 33.3 Å². The Morgan fingerprint density at radius 1 is 0.767 bits per heavy atom. The summed E-state index contributed by atoms with van der Waals surface area (Å²) < 4.78 is 2.05. The van der Waals surface area contributed by atoms with Gasteiger partial charge in [0.2, 0.25) is 0 Å². The fourth-order valence-electron chi connectivity index (χ4n) is 5.18. The molecule has 1 aromatic heterocycles. The minimum absolute atomic E-state index is 0.268. The van der Waals surface area contributed by atoms with Crippen LogP contribution in [0.5, 0.6) is 0 Å². The Hall–Kier alpha value is -3.85. The lowest BCUT2D eigenvalue weighted by molar-refractivity contribution is 0.773. The van der Waals surface area contributed by atoms with Gasteiger partial charge in [0, 0.05) is 17.2 Å². The average Bonchev–Trinajstić information content (AvgIpc) is 3.39. The molecule has 7 rings (SSSR count). The van der Waals surface area contributed by atoms with E-state index < -0.39 is 0 Å². The van der Waals surface area contributed by atoms with Crippen molar-refractivity contribution in [3.8, 4) is 5.69 Å². The molecule has 30 heavy (non-hydrogen) atoms. The summed E-state index contributed by atoms with van der Waals surface area (Å²) in [6.07, 6.45) is 6.55. The predicted octanol–water partition coefficient (Wildman–Crippen LogP) is 6.13. The first kappa shape index (κ1) is 16.0. The molecule has 0 saturated carbocycles. The fraction of sp³-hybridized carbons (Fsp3) is 0.0741. The van der Waals surface area contributed by atoms with Crippen LogP contribution in [0.4, 0.5) is 5.69 Å². The topological polar surface area (TPSA) is 29.9 Å². The summed E-state index contributed by atoms with van der Waals surface area (Å²) in [6, 6.07) is 28.4. The van der Waals surface area contributed by atoms with Crippen LogP contribution in [0, 0.1) is 0 Å². The number of nitrogens with zero attached hydrogens (tertiary/aromatic N) is 2. The number of nitrogens with one attached hydrogen (secondary N) is 1. The van der Waals surface area contributed by atoms with Gasteiger partial charge in [-0.25, -0.2) is 4.68 Å². The van der Waals surface area contributed by atoms with Crippen molar-refractivity contribution < 1.29 is 0 Å². The third kappa shape index (κ3) is 2.12. The first-order chi connectivity index (χ1) is 14.9. The molecule has 1 aliphatic heterocycles. The predicted molar refractivity (Wildman–Crippen MR) is 123 cm³/mol. The number of rotatable bonds is 1. The van der Waals surface area contributed by atoms with Crippen LogP contribution in [-0.4, -0.2) is 15.8 Å². The van der Waals surface area contributed by atoms with E-state index in [0.29, 0.717) is 0 Å². The van der Waals surface area contributed by atoms with Crippen molar-refractivity contribution in [2.75, 3.05) is 5.32 Å². The van der Waals surface area contributed by atoms with E-state index in [1.54, 1.807) is 0 Å². The minimum atomic E-state index is 0.268. The van der Waals surface area contributed by atoms with Crippen LogP contribution in [0.3, 0.4) is 0 Å². The SMILES string of the molecule is C1=CC2Nc3cc4ccc5ccccc5c4cc3C2c2cnn(-c3ccccc3)c21. The van der Waals surface area contributed by atoms with Gasteiger partial charge in [0.05, 0.1) is 23.6 Å². The van der Waals surface area contributed by atoms with Crippen LogP contribution in [0.1, 0.15) is 22.7 Å². The molecule has 142 valence electrons. The Morgan fingerprint density at radius 2 is 1.60 bits per heavy atom. The van der Waals surface area contributed by atoms with Crippen molar-refractivity contribution in [1.29, 1.82) is 0 Å². The van der Waals surface area contributed by atoms with Gasteiger partial charge in [-0.05, 0) is 57.4 Å². The van der Waals surface area contributed by atoms with E-state index in [1.807, 2.05) is 12.3 Å². The molecule has 1 N–H and O–H groups in total. The number of benzene rings is 4. The van der Waals surface area contributed by atoms with Crippen molar-refractivity contribution >= 4 is 33.3 Å². The van der Waals surface area contributed by atoms with Gasteiger partial charge in [-0.2, -0.15) is 5.10 Å². The van der Waals surface area contributed by atoms with Crippen molar-refractivity contribution in [2.45, 2.75) is 12.0 Å². The van der Waals surface area contributed by atoms with E-state index in [9.17, 15) is 0 Å². The first-order valence-electron chi connectivity index (χ1n) is 10.4. The molecule has 0 saturated heterocycles. The van der Waals surface area contributed by atoms with Crippen molar-refractivity contribution in [1.82, 2.24) is 9.78 Å². The lowest BCUT2D eigenvalue weighted by Gasteiger charge is -2.22. The van der Waals surface area contributed by atoms with Gasteiger partial charge >= 0.3 is 0 Å². The highest BCUT2D eigenvalue weighted by Crippen LogP contribution is 2.47. The summed E-state index contributed by atoms with van der Waals surface area (Å²) in [6.45, 7) is 0. The summed E-state index contributed by atoms with van der Waals surface area (Å²) in [5.74, 6) is 0.279. The standard InChI is InChI=1S/C27H19N3/c1-2-7-19(8-3-1)30-26-13-12-24-27(23(26)16-28-30)22-15-21-18(14-25(22)29-24)11-10-17-6-4-5-9-20(17)21/h1-16,24,27,29H. The lowest BCUT2D eigenvalue weighted by Crippen LogP contribution is -2.22. The Labute approximate surface area is 174 Å². The second-order valence-electron chi connectivity index (χ2n) is 8.19. The second kappa shape index (κ2) is 5.83. The van der Waals surface area contributed by atoms with Crippen LogP contribution in [-0.2, 0) is 0 Å². The number of fused-ring (bicyclic) bond motifs is 8. The van der Waals surface area contributed by atoms with Crippen molar-refractivity contribution in [3.63, 3.8) is 0 Å². The van der Waals surface area contributed by atoms with Crippen LogP contribution >= 0.6 is 0 Å². The molecule has 2 aliphatic rings. The number of anilines is 1. The highest BCUT2D eigenvalue weighted by Gasteiger charge is 2.37. The summed E-state index contributed by atoms with van der Waals surface area (Å²) in [4.78, 5) is 0. The highest BCUT2D eigenvalue weighted by atomic mass is 15.3. The molecule has 1 aliphatic carbocycles. The Morgan fingerprint density at radius 3 is 2.53 bits per heavy atom. The zero-order valence-corrected chi connectivity index (χ0v) is 16.3. The smallest absolute Gasteiger partial charge is 0.0705 e. The monoisotopic (exact) mass is 385 g/mol. The summed E-state index contributed by atoms with van der Waals surface area (Å²) in [5, 5.41) is 13.7. The van der Waals surface area contributed by atoms with Gasteiger partial charge in [-0.1, -0.05) is 60.7 Å². The molecule has 0 fully saturated rings. The molecule has 2 heterocycles. The quantitative estimate of drug-likeness (QED) is 0.352. The molecule has 0 spiro atoms. The number of para-hydroxylation sites is 1. The highest BCUT2D eigenvalue weighted by molar-refractivity contribution is 6.09. The van der Waals surface area contributed by atoms with Gasteiger partial charge < -0.3 is 5.32 Å². The molecule has 3 nitrogen and oxygen atoms in total. The molecule has 0 amide bonds. The number of hydrogen-bond donors (Lipinski definition) is 1. The molecular weight excluding hydrogens is 366 g/mol. The van der Waals surface area contributed by atoms with E-state index in [0.717, 1.165) is 5.69 Å². The van der Waals surface area contributed by atoms with Crippen LogP contribution in [0.2, 0.25) is 0 Å². The molecule has 0 bridgehead atoms. The largest absolute Gasteiger partial charge is 0.378 e. The maximum absolute atomic E-state index is 4.75. The second-order valence-corrected chi connectivity index (χ2v) is 8.19. The molecule has 3 heteroatoms. The molecular formula is C27H19N3. The van der Waals surface area contributed by atoms with Crippen LogP contribution in [0.15, 0.2) is 91.1 Å². The van der Waals surface area contributed by atoms with E-state index in [-0.39, 0.29) is 12.0 Å². The zero-order chi connectivity index (χ0) is 19.7. The Balaban J connectivity index is 1.44. The van der Waals surface area contributed by atoms with E-state index >= 15 is 0 Å². The summed E-state index contributed by atoms with van der Waals surface area (Å²) >= 11 is 0. The average molecular weight is 385 g/mol. The van der Waals surface area contributed by atoms with Crippen molar-refractivity contribution in [3.05, 3.63) is 108 Å². The van der Waals surface area contributed by atoms with Gasteiger partial charge in [0.25, 0.3) is 0 Å². The van der Waals surface area contributed by atoms with E-state index in [1.165, 1.54) is 44.1 Å². The Kier molecular flexibility index (Phi) is 3.11. The lowest BCUT2D eigenvalue weighted by atomic mass is 9.83. The van der Waals surface area contributed by atoms with Gasteiger partial charge in [-0.15, -0.1) is 0 Å². The summed E-state index contributed by atoms with van der Waals surface area (Å²) in [7, 11) is 0. The molecule has 2 unspecified atom stereocenters. The number of hydrogen-bond acceptors (Lipinski definition) is 2. The normalized spacial score (nSPS) is 18.8.